The van der Waals surface area contributed by atoms with Crippen LogP contribution in [0.2, 0.25) is 0 Å². The van der Waals surface area contributed by atoms with E-state index in [0.717, 1.165) is 17.7 Å². The number of halogens is 2. The summed E-state index contributed by atoms with van der Waals surface area (Å²) in [4.78, 5) is 24.9. The third-order valence-corrected chi connectivity index (χ3v) is 8.59. The Morgan fingerprint density at radius 3 is 1.48 bits per heavy atom. The summed E-state index contributed by atoms with van der Waals surface area (Å²) in [5.74, 6) is 1.40. The molecular formula is C46H48F2N2O10. The Hall–Kier alpha value is -6.64. The van der Waals surface area contributed by atoms with Gasteiger partial charge in [0.25, 0.3) is 11.1 Å². The predicted molar refractivity (Wildman–Crippen MR) is 222 cm³/mol. The van der Waals surface area contributed by atoms with Gasteiger partial charge in [-0.2, -0.15) is 0 Å². The summed E-state index contributed by atoms with van der Waals surface area (Å²) in [6, 6.07) is 27.7. The minimum Gasteiger partial charge on any atom is -0.504 e. The number of aliphatic hydroxyl groups is 1. The van der Waals surface area contributed by atoms with E-state index < -0.39 is 5.60 Å². The van der Waals surface area contributed by atoms with Crippen molar-refractivity contribution in [2.24, 2.45) is 0 Å². The Bertz CT molecular complexity index is 2450. The van der Waals surface area contributed by atoms with Crippen molar-refractivity contribution >= 4 is 0 Å². The zero-order chi connectivity index (χ0) is 43.5. The number of methoxy groups -OCH3 is 2. The van der Waals surface area contributed by atoms with Gasteiger partial charge in [-0.25, -0.2) is 8.78 Å². The van der Waals surface area contributed by atoms with Crippen molar-refractivity contribution in [1.29, 1.82) is 0 Å². The summed E-state index contributed by atoms with van der Waals surface area (Å²) in [5.41, 5.74) is 1.45. The number of rotatable bonds is 13. The highest BCUT2D eigenvalue weighted by atomic mass is 19.1. The summed E-state index contributed by atoms with van der Waals surface area (Å²) < 4.78 is 60.8. The first kappa shape index (κ1) is 44.5. The highest BCUT2D eigenvalue weighted by Gasteiger charge is 2.32. The molecule has 0 spiro atoms. The first-order valence-corrected chi connectivity index (χ1v) is 18.8. The number of ether oxygens (including phenoxy) is 6. The molecule has 6 aromatic rings. The average molecular weight is 827 g/mol. The molecule has 14 heteroatoms. The van der Waals surface area contributed by atoms with Gasteiger partial charge in [-0.15, -0.1) is 0 Å². The molecule has 1 aliphatic rings. The van der Waals surface area contributed by atoms with Crippen LogP contribution in [0.3, 0.4) is 0 Å². The van der Waals surface area contributed by atoms with Crippen LogP contribution in [0.1, 0.15) is 38.8 Å². The lowest BCUT2D eigenvalue weighted by molar-refractivity contribution is 0.0276. The lowest BCUT2D eigenvalue weighted by Gasteiger charge is -2.19. The average Bonchev–Trinajstić information content (AvgIpc) is 3.93. The van der Waals surface area contributed by atoms with Crippen LogP contribution in [-0.4, -0.2) is 58.0 Å². The minimum absolute atomic E-state index is 0.00134. The fourth-order valence-corrected chi connectivity index (χ4v) is 5.16. The molecule has 0 atom stereocenters. The molecule has 0 saturated carbocycles. The molecule has 316 valence electrons. The van der Waals surface area contributed by atoms with E-state index in [1.54, 1.807) is 93.0 Å². The summed E-state index contributed by atoms with van der Waals surface area (Å²) in [5, 5.41) is 19.5. The molecular weight excluding hydrogens is 779 g/mol. The zero-order valence-corrected chi connectivity index (χ0v) is 34.2. The maximum absolute atomic E-state index is 13.0. The quantitative estimate of drug-likeness (QED) is 0.111. The third-order valence-electron chi connectivity index (χ3n) is 8.59. The first-order chi connectivity index (χ1) is 28.5. The van der Waals surface area contributed by atoms with Crippen molar-refractivity contribution in [3.05, 3.63) is 165 Å². The summed E-state index contributed by atoms with van der Waals surface area (Å²) in [6.07, 6.45) is 3.18. The summed E-state index contributed by atoms with van der Waals surface area (Å²) in [7, 11) is 2.94. The topological polar surface area (TPSA) is 143 Å². The van der Waals surface area contributed by atoms with Crippen LogP contribution in [0.5, 0.6) is 34.5 Å². The molecule has 0 radical (unpaired) electrons. The zero-order valence-electron chi connectivity index (χ0n) is 34.2. The molecule has 1 saturated heterocycles. The number of hydrogen-bond donors (Lipinski definition) is 2. The fourth-order valence-electron chi connectivity index (χ4n) is 5.16. The van der Waals surface area contributed by atoms with E-state index in [1.165, 1.54) is 65.8 Å². The maximum atomic E-state index is 13.0. The van der Waals surface area contributed by atoms with Crippen LogP contribution in [-0.2, 0) is 18.0 Å². The van der Waals surface area contributed by atoms with Crippen LogP contribution >= 0.6 is 0 Å². The number of phenolic OH excluding ortho intramolecular Hbond substituents is 1. The van der Waals surface area contributed by atoms with E-state index in [-0.39, 0.29) is 59.7 Å². The van der Waals surface area contributed by atoms with Crippen molar-refractivity contribution < 1.29 is 47.4 Å². The molecule has 4 aromatic carbocycles. The molecule has 7 rings (SSSR count). The molecule has 1 fully saturated rings. The number of nitrogens with zero attached hydrogens (tertiary/aromatic N) is 2. The molecule has 3 heterocycles. The van der Waals surface area contributed by atoms with Crippen LogP contribution < -0.4 is 34.8 Å². The first-order valence-electron chi connectivity index (χ1n) is 18.8. The normalized spacial score (nSPS) is 12.5. The molecule has 0 bridgehead atoms. The van der Waals surface area contributed by atoms with Gasteiger partial charge in [0.15, 0.2) is 23.0 Å². The van der Waals surface area contributed by atoms with E-state index in [4.69, 9.17) is 28.4 Å². The van der Waals surface area contributed by atoms with Gasteiger partial charge < -0.3 is 38.6 Å². The van der Waals surface area contributed by atoms with Crippen molar-refractivity contribution in [2.45, 2.75) is 52.1 Å². The summed E-state index contributed by atoms with van der Waals surface area (Å²) in [6.45, 7) is 8.96. The second-order valence-corrected chi connectivity index (χ2v) is 14.8. The minimum atomic E-state index is -0.982. The van der Waals surface area contributed by atoms with Gasteiger partial charge in [0, 0.05) is 36.7 Å². The molecule has 0 unspecified atom stereocenters. The van der Waals surface area contributed by atoms with Crippen LogP contribution in [0.15, 0.2) is 131 Å². The molecule has 1 aliphatic heterocycles. The number of aromatic hydroxyl groups is 1. The van der Waals surface area contributed by atoms with Gasteiger partial charge in [-0.3, -0.25) is 18.7 Å². The van der Waals surface area contributed by atoms with E-state index in [1.807, 2.05) is 0 Å². The third kappa shape index (κ3) is 13.5. The Labute approximate surface area is 346 Å². The number of epoxide rings is 1. The lowest BCUT2D eigenvalue weighted by atomic mass is 10.2. The second-order valence-electron chi connectivity index (χ2n) is 14.8. The molecule has 0 aliphatic carbocycles. The van der Waals surface area contributed by atoms with Gasteiger partial charge in [0.2, 0.25) is 0 Å². The van der Waals surface area contributed by atoms with Crippen molar-refractivity contribution in [3.63, 3.8) is 0 Å². The van der Waals surface area contributed by atoms with Gasteiger partial charge >= 0.3 is 0 Å². The van der Waals surface area contributed by atoms with Crippen LogP contribution in [0.25, 0.3) is 11.4 Å². The maximum Gasteiger partial charge on any atom is 0.258 e. The molecule has 12 nitrogen and oxygen atoms in total. The predicted octanol–water partition coefficient (Wildman–Crippen LogP) is 7.78. The Morgan fingerprint density at radius 1 is 0.650 bits per heavy atom. The highest BCUT2D eigenvalue weighted by Crippen LogP contribution is 2.30. The van der Waals surface area contributed by atoms with Crippen molar-refractivity contribution in [2.75, 3.05) is 27.4 Å². The number of aromatic nitrogens is 2. The van der Waals surface area contributed by atoms with Crippen molar-refractivity contribution in [3.8, 4) is 45.9 Å². The SMILES string of the molecule is CC1(C)CO1.COc1cc(-n2ccc(OCc3ccc(F)cc3)cc2=O)ccc1O.COc1cc(-n2ccc(OCc3ccc(F)cc3)cc2=O)ccc1OCC(C)(C)O. The van der Waals surface area contributed by atoms with Gasteiger partial charge in [-0.1, -0.05) is 24.3 Å². The van der Waals surface area contributed by atoms with Crippen LogP contribution in [0.4, 0.5) is 8.78 Å². The number of pyridine rings is 2. The van der Waals surface area contributed by atoms with Gasteiger partial charge in [0.1, 0.15) is 43.0 Å². The summed E-state index contributed by atoms with van der Waals surface area (Å²) >= 11 is 0. The lowest BCUT2D eigenvalue weighted by Crippen LogP contribution is -2.28. The Balaban J connectivity index is 0.000000206. The monoisotopic (exact) mass is 826 g/mol. The molecule has 60 heavy (non-hydrogen) atoms. The molecule has 2 aromatic heterocycles. The Kier molecular flexibility index (Phi) is 14.7. The Morgan fingerprint density at radius 2 is 1.08 bits per heavy atom. The van der Waals surface area contributed by atoms with Gasteiger partial charge in [0.05, 0.1) is 43.4 Å². The second kappa shape index (κ2) is 19.9. The number of hydrogen-bond acceptors (Lipinski definition) is 10. The largest absolute Gasteiger partial charge is 0.504 e. The number of phenols is 1. The van der Waals surface area contributed by atoms with Crippen LogP contribution in [0, 0.1) is 11.6 Å². The van der Waals surface area contributed by atoms with E-state index in [0.29, 0.717) is 34.4 Å². The molecule has 0 amide bonds. The number of benzene rings is 4. The standard InChI is InChI=1S/C23H24FNO5.C19H16FNO4.C4H8O/c1-23(2,27)15-30-20-9-8-18(12-21(20)28-3)25-11-10-19(13-22(25)26)29-14-16-4-6-17(24)7-5-16;1-24-18-10-15(6-7-17(18)22)21-9-8-16(11-19(21)23)25-12-13-2-4-14(20)5-3-13;1-4(2)3-5-4/h4-13,27H,14-15H2,1-3H3;2-11,22H,12H2,1H3;3H2,1-2H3. The van der Waals surface area contributed by atoms with E-state index in [2.05, 4.69) is 13.8 Å². The van der Waals surface area contributed by atoms with Crippen molar-refractivity contribution in [1.82, 2.24) is 9.13 Å². The highest BCUT2D eigenvalue weighted by molar-refractivity contribution is 5.50. The smallest absolute Gasteiger partial charge is 0.258 e. The molecule has 2 N–H and O–H groups in total. The van der Waals surface area contributed by atoms with Gasteiger partial charge in [-0.05, 0) is 99.5 Å². The van der Waals surface area contributed by atoms with E-state index in [9.17, 15) is 28.6 Å². The fraction of sp³-hybridized carbons (Fsp3) is 0.261. The van der Waals surface area contributed by atoms with E-state index >= 15 is 0 Å².